The Balaban J connectivity index is 1.98. The number of carbonyl (C=O) groups excluding carboxylic acids is 1. The Morgan fingerprint density at radius 1 is 1.47 bits per heavy atom. The highest BCUT2D eigenvalue weighted by Crippen LogP contribution is 2.25. The van der Waals surface area contributed by atoms with Gasteiger partial charge in [-0.15, -0.1) is 0 Å². The molecule has 1 heterocycles. The summed E-state index contributed by atoms with van der Waals surface area (Å²) in [5.41, 5.74) is -0.303. The molecule has 0 radical (unpaired) electrons. The van der Waals surface area contributed by atoms with Crippen molar-refractivity contribution in [2.75, 3.05) is 13.1 Å². The topological polar surface area (TPSA) is 41.1 Å². The van der Waals surface area contributed by atoms with E-state index < -0.39 is 17.0 Å². The number of nitrogens with one attached hydrogen (secondary N) is 2. The minimum absolute atomic E-state index is 0.0119. The van der Waals surface area contributed by atoms with Crippen LogP contribution in [-0.4, -0.2) is 19.0 Å². The molecule has 1 aliphatic heterocycles. The summed E-state index contributed by atoms with van der Waals surface area (Å²) in [5, 5.41) is 5.87. The number of hydrogen-bond donors (Lipinski definition) is 2. The maximum absolute atomic E-state index is 13.4. The van der Waals surface area contributed by atoms with E-state index in [0.717, 1.165) is 37.6 Å². The maximum Gasteiger partial charge on any atom is 0.227 e. The van der Waals surface area contributed by atoms with Gasteiger partial charge in [-0.2, -0.15) is 0 Å². The van der Waals surface area contributed by atoms with Gasteiger partial charge in [0.1, 0.15) is 11.6 Å². The molecule has 0 aliphatic carbocycles. The number of hydrogen-bond acceptors (Lipinski definition) is 2. The summed E-state index contributed by atoms with van der Waals surface area (Å²) in [5.74, 6) is -1.13. The average Bonchev–Trinajstić information content (AvgIpc) is 2.40. The monoisotopic (exact) mass is 268 g/mol. The molecular weight excluding hydrogens is 250 g/mol. The number of amides is 1. The lowest BCUT2D eigenvalue weighted by Crippen LogP contribution is -2.48. The molecule has 104 valence electrons. The molecule has 1 fully saturated rings. The molecule has 1 atom stereocenters. The van der Waals surface area contributed by atoms with Crippen LogP contribution in [0, 0.1) is 17.0 Å². The highest BCUT2D eigenvalue weighted by molar-refractivity contribution is 5.82. The number of benzene rings is 1. The summed E-state index contributed by atoms with van der Waals surface area (Å²) < 4.78 is 26.4. The minimum atomic E-state index is -0.506. The second-order valence-corrected chi connectivity index (χ2v) is 5.26. The lowest BCUT2D eigenvalue weighted by Gasteiger charge is -2.32. The van der Waals surface area contributed by atoms with E-state index in [1.54, 1.807) is 0 Å². The first-order valence-electron chi connectivity index (χ1n) is 6.44. The highest BCUT2D eigenvalue weighted by atomic mass is 19.1. The van der Waals surface area contributed by atoms with E-state index >= 15 is 0 Å². The van der Waals surface area contributed by atoms with Crippen LogP contribution in [0.4, 0.5) is 8.78 Å². The van der Waals surface area contributed by atoms with Gasteiger partial charge in [-0.1, -0.05) is 0 Å². The molecule has 1 aliphatic rings. The lowest BCUT2D eigenvalue weighted by molar-refractivity contribution is -0.131. The third-order valence-corrected chi connectivity index (χ3v) is 3.59. The predicted octanol–water partition coefficient (Wildman–Crippen LogP) is 1.97. The fourth-order valence-electron chi connectivity index (χ4n) is 2.32. The predicted molar refractivity (Wildman–Crippen MR) is 68.4 cm³/mol. The molecule has 1 aromatic carbocycles. The van der Waals surface area contributed by atoms with Gasteiger partial charge in [-0.3, -0.25) is 4.79 Å². The largest absolute Gasteiger partial charge is 0.351 e. The van der Waals surface area contributed by atoms with E-state index in [2.05, 4.69) is 10.6 Å². The van der Waals surface area contributed by atoms with E-state index in [4.69, 9.17) is 0 Å². The molecule has 1 saturated heterocycles. The van der Waals surface area contributed by atoms with Gasteiger partial charge in [0, 0.05) is 18.7 Å². The first kappa shape index (κ1) is 13.9. The zero-order valence-corrected chi connectivity index (χ0v) is 10.9. The first-order valence-corrected chi connectivity index (χ1v) is 6.44. The van der Waals surface area contributed by atoms with Gasteiger partial charge in [0.15, 0.2) is 0 Å². The molecule has 5 heteroatoms. The van der Waals surface area contributed by atoms with Crippen LogP contribution in [0.25, 0.3) is 0 Å². The lowest BCUT2D eigenvalue weighted by atomic mass is 9.82. The number of halogens is 2. The van der Waals surface area contributed by atoms with Crippen LogP contribution in [0.1, 0.15) is 25.3 Å². The van der Waals surface area contributed by atoms with Gasteiger partial charge in [0.2, 0.25) is 5.91 Å². The van der Waals surface area contributed by atoms with Crippen molar-refractivity contribution >= 4 is 5.91 Å². The van der Waals surface area contributed by atoms with Crippen LogP contribution in [0.2, 0.25) is 0 Å². The SMILES string of the molecule is CC1(C(=O)NCc2cc(F)ccc2F)CCCNC1. The van der Waals surface area contributed by atoms with E-state index in [1.165, 1.54) is 0 Å². The number of rotatable bonds is 3. The van der Waals surface area contributed by atoms with Gasteiger partial charge in [0.25, 0.3) is 0 Å². The molecule has 0 spiro atoms. The van der Waals surface area contributed by atoms with Gasteiger partial charge in [-0.05, 0) is 44.5 Å². The van der Waals surface area contributed by atoms with Crippen molar-refractivity contribution in [3.8, 4) is 0 Å². The fourth-order valence-corrected chi connectivity index (χ4v) is 2.32. The Hall–Kier alpha value is -1.49. The molecule has 2 N–H and O–H groups in total. The Morgan fingerprint density at radius 2 is 2.26 bits per heavy atom. The van der Waals surface area contributed by atoms with Crippen LogP contribution in [-0.2, 0) is 11.3 Å². The summed E-state index contributed by atoms with van der Waals surface area (Å²) in [6.45, 7) is 3.43. The highest BCUT2D eigenvalue weighted by Gasteiger charge is 2.34. The van der Waals surface area contributed by atoms with Crippen molar-refractivity contribution in [2.24, 2.45) is 5.41 Å². The van der Waals surface area contributed by atoms with Gasteiger partial charge < -0.3 is 10.6 Å². The quantitative estimate of drug-likeness (QED) is 0.880. The second-order valence-electron chi connectivity index (χ2n) is 5.26. The van der Waals surface area contributed by atoms with E-state index in [0.29, 0.717) is 6.54 Å². The van der Waals surface area contributed by atoms with Crippen LogP contribution in [0.15, 0.2) is 18.2 Å². The van der Waals surface area contributed by atoms with Crippen molar-refractivity contribution in [1.29, 1.82) is 0 Å². The van der Waals surface area contributed by atoms with Gasteiger partial charge in [-0.25, -0.2) is 8.78 Å². The standard InChI is InChI=1S/C14H18F2N2O/c1-14(5-2-6-17-9-14)13(19)18-8-10-7-11(15)3-4-12(10)16/h3-4,7,17H,2,5-6,8-9H2,1H3,(H,18,19). The Bertz CT molecular complexity index is 471. The van der Waals surface area contributed by atoms with Crippen LogP contribution < -0.4 is 10.6 Å². The smallest absolute Gasteiger partial charge is 0.227 e. The summed E-state index contributed by atoms with van der Waals surface area (Å²) in [7, 11) is 0. The van der Waals surface area contributed by atoms with Gasteiger partial charge in [0.05, 0.1) is 5.41 Å². The summed E-state index contributed by atoms with van der Waals surface area (Å²) >= 11 is 0. The second kappa shape index (κ2) is 5.65. The molecule has 0 aromatic heterocycles. The van der Waals surface area contributed by atoms with Crippen LogP contribution in [0.5, 0.6) is 0 Å². The molecular formula is C14H18F2N2O. The van der Waals surface area contributed by atoms with E-state index in [9.17, 15) is 13.6 Å². The minimum Gasteiger partial charge on any atom is -0.351 e. The molecule has 2 rings (SSSR count). The summed E-state index contributed by atoms with van der Waals surface area (Å²) in [6, 6.07) is 3.24. The molecule has 19 heavy (non-hydrogen) atoms. The first-order chi connectivity index (χ1) is 9.01. The molecule has 3 nitrogen and oxygen atoms in total. The van der Waals surface area contributed by atoms with E-state index in [1.807, 2.05) is 6.92 Å². The van der Waals surface area contributed by atoms with Crippen LogP contribution >= 0.6 is 0 Å². The molecule has 0 bridgehead atoms. The third kappa shape index (κ3) is 3.29. The van der Waals surface area contributed by atoms with Crippen molar-refractivity contribution in [1.82, 2.24) is 10.6 Å². The van der Waals surface area contributed by atoms with Crippen molar-refractivity contribution in [3.05, 3.63) is 35.4 Å². The van der Waals surface area contributed by atoms with Gasteiger partial charge >= 0.3 is 0 Å². The van der Waals surface area contributed by atoms with Crippen molar-refractivity contribution in [3.63, 3.8) is 0 Å². The van der Waals surface area contributed by atoms with Crippen molar-refractivity contribution in [2.45, 2.75) is 26.3 Å². The number of piperidine rings is 1. The molecule has 0 saturated carbocycles. The molecule has 1 aromatic rings. The van der Waals surface area contributed by atoms with E-state index in [-0.39, 0.29) is 18.0 Å². The number of carbonyl (C=O) groups is 1. The molecule has 1 amide bonds. The Morgan fingerprint density at radius 3 is 2.95 bits per heavy atom. The zero-order chi connectivity index (χ0) is 13.9. The van der Waals surface area contributed by atoms with Crippen LogP contribution in [0.3, 0.4) is 0 Å². The average molecular weight is 268 g/mol. The zero-order valence-electron chi connectivity index (χ0n) is 10.9. The third-order valence-electron chi connectivity index (χ3n) is 3.59. The normalized spacial score (nSPS) is 23.1. The summed E-state index contributed by atoms with van der Waals surface area (Å²) in [4.78, 5) is 12.1. The maximum atomic E-state index is 13.4. The Kier molecular flexibility index (Phi) is 4.14. The van der Waals surface area contributed by atoms with Crippen molar-refractivity contribution < 1.29 is 13.6 Å². The Labute approximate surface area is 111 Å². The summed E-state index contributed by atoms with van der Waals surface area (Å²) in [6.07, 6.45) is 1.75. The fraction of sp³-hybridized carbons (Fsp3) is 0.500. The molecule has 1 unspecified atom stereocenters.